The molecule has 0 bridgehead atoms. The van der Waals surface area contributed by atoms with Crippen molar-refractivity contribution in [1.82, 2.24) is 4.90 Å². The fourth-order valence-electron chi connectivity index (χ4n) is 1.25. The highest BCUT2D eigenvalue weighted by atomic mass is 32.3. The van der Waals surface area contributed by atoms with Crippen molar-refractivity contribution in [3.8, 4) is 0 Å². The molecule has 1 rings (SSSR count). The minimum absolute atomic E-state index is 0.153. The molecule has 0 aliphatic carbocycles. The quantitative estimate of drug-likeness (QED) is 0.562. The molecule has 1 fully saturated rings. The van der Waals surface area contributed by atoms with Crippen molar-refractivity contribution in [3.05, 3.63) is 0 Å². The van der Waals surface area contributed by atoms with Crippen molar-refractivity contribution in [1.29, 1.82) is 0 Å². The SMILES string of the molecule is CCS1(C)CCN(C)CC1. The van der Waals surface area contributed by atoms with Crippen molar-refractivity contribution in [2.75, 3.05) is 43.7 Å². The zero-order chi connectivity index (χ0) is 7.61. The topological polar surface area (TPSA) is 3.24 Å². The summed E-state index contributed by atoms with van der Waals surface area (Å²) in [6.07, 6.45) is 2.50. The zero-order valence-electron chi connectivity index (χ0n) is 7.39. The summed E-state index contributed by atoms with van der Waals surface area (Å²) in [5.74, 6) is 4.38. The fourth-order valence-corrected chi connectivity index (χ4v) is 3.54. The van der Waals surface area contributed by atoms with Crippen LogP contribution in [0.1, 0.15) is 6.92 Å². The van der Waals surface area contributed by atoms with Crippen LogP contribution in [0.5, 0.6) is 0 Å². The van der Waals surface area contributed by atoms with Crippen molar-refractivity contribution in [2.45, 2.75) is 6.92 Å². The first-order chi connectivity index (χ1) is 4.66. The first-order valence-electron chi connectivity index (χ1n) is 4.06. The van der Waals surface area contributed by atoms with Gasteiger partial charge >= 0.3 is 0 Å². The second kappa shape index (κ2) is 3.14. The lowest BCUT2D eigenvalue weighted by molar-refractivity contribution is 0.369. The van der Waals surface area contributed by atoms with Crippen LogP contribution >= 0.6 is 10.0 Å². The van der Waals surface area contributed by atoms with Gasteiger partial charge in [-0.05, 0) is 30.6 Å². The summed E-state index contributed by atoms with van der Waals surface area (Å²) < 4.78 is 0. The van der Waals surface area contributed by atoms with Crippen LogP contribution in [0, 0.1) is 0 Å². The first-order valence-corrected chi connectivity index (χ1v) is 6.61. The molecule has 0 N–H and O–H groups in total. The van der Waals surface area contributed by atoms with Crippen molar-refractivity contribution in [2.24, 2.45) is 0 Å². The number of nitrogens with zero attached hydrogens (tertiary/aromatic N) is 1. The van der Waals surface area contributed by atoms with Gasteiger partial charge in [-0.2, -0.15) is 0 Å². The van der Waals surface area contributed by atoms with Gasteiger partial charge < -0.3 is 4.90 Å². The van der Waals surface area contributed by atoms with E-state index < -0.39 is 0 Å². The standard InChI is InChI=1S/C8H19NS/c1-4-10(3)7-5-9(2)6-8-10/h4-8H2,1-3H3. The predicted molar refractivity (Wildman–Crippen MR) is 51.3 cm³/mol. The van der Waals surface area contributed by atoms with E-state index in [0.29, 0.717) is 0 Å². The molecule has 0 amide bonds. The Morgan fingerprint density at radius 1 is 1.30 bits per heavy atom. The third kappa shape index (κ3) is 1.89. The van der Waals surface area contributed by atoms with Gasteiger partial charge in [0.05, 0.1) is 0 Å². The number of hydrogen-bond acceptors (Lipinski definition) is 1. The van der Waals surface area contributed by atoms with E-state index in [0.717, 1.165) is 0 Å². The molecule has 0 unspecified atom stereocenters. The van der Waals surface area contributed by atoms with Gasteiger partial charge in [0, 0.05) is 13.1 Å². The molecule has 0 aromatic heterocycles. The normalized spacial score (nSPS) is 29.9. The van der Waals surface area contributed by atoms with Crippen LogP contribution in [0.2, 0.25) is 0 Å². The molecule has 0 saturated carbocycles. The van der Waals surface area contributed by atoms with E-state index >= 15 is 0 Å². The van der Waals surface area contributed by atoms with Gasteiger partial charge in [0.2, 0.25) is 0 Å². The molecule has 1 aliphatic heterocycles. The highest BCUT2D eigenvalue weighted by Crippen LogP contribution is 2.44. The average molecular weight is 161 g/mol. The maximum absolute atomic E-state index is 2.50. The monoisotopic (exact) mass is 161 g/mol. The van der Waals surface area contributed by atoms with Crippen LogP contribution in [0.4, 0.5) is 0 Å². The Bertz CT molecular complexity index is 106. The molecular weight excluding hydrogens is 142 g/mol. The molecule has 0 atom stereocenters. The Hall–Kier alpha value is 0.310. The molecule has 2 heteroatoms. The largest absolute Gasteiger partial charge is 0.305 e. The minimum Gasteiger partial charge on any atom is -0.305 e. The molecule has 1 aliphatic rings. The van der Waals surface area contributed by atoms with Gasteiger partial charge in [0.1, 0.15) is 0 Å². The molecule has 0 aromatic rings. The van der Waals surface area contributed by atoms with Crippen molar-refractivity contribution >= 4 is 10.0 Å². The van der Waals surface area contributed by atoms with E-state index in [1.807, 2.05) is 0 Å². The van der Waals surface area contributed by atoms with Crippen LogP contribution in [-0.2, 0) is 0 Å². The van der Waals surface area contributed by atoms with E-state index in [9.17, 15) is 0 Å². The van der Waals surface area contributed by atoms with Crippen LogP contribution < -0.4 is 0 Å². The van der Waals surface area contributed by atoms with E-state index in [-0.39, 0.29) is 10.0 Å². The van der Waals surface area contributed by atoms with Crippen molar-refractivity contribution in [3.63, 3.8) is 0 Å². The van der Waals surface area contributed by atoms with Crippen LogP contribution in [-0.4, -0.2) is 48.6 Å². The predicted octanol–water partition coefficient (Wildman–Crippen LogP) is 1.39. The Morgan fingerprint density at radius 3 is 2.20 bits per heavy atom. The van der Waals surface area contributed by atoms with E-state index in [4.69, 9.17) is 0 Å². The number of rotatable bonds is 1. The summed E-state index contributed by atoms with van der Waals surface area (Å²) in [6, 6.07) is 0. The van der Waals surface area contributed by atoms with Crippen LogP contribution in [0.3, 0.4) is 0 Å². The summed E-state index contributed by atoms with van der Waals surface area (Å²) in [5, 5.41) is 0. The molecule has 62 valence electrons. The highest BCUT2D eigenvalue weighted by molar-refractivity contribution is 8.33. The average Bonchev–Trinajstić information content (AvgIpc) is 1.96. The fraction of sp³-hybridized carbons (Fsp3) is 1.00. The molecule has 1 saturated heterocycles. The Labute approximate surface area is 66.1 Å². The first kappa shape index (κ1) is 8.41. The molecule has 0 spiro atoms. The van der Waals surface area contributed by atoms with Crippen molar-refractivity contribution < 1.29 is 0 Å². The lowest BCUT2D eigenvalue weighted by Crippen LogP contribution is -2.35. The molecule has 0 aromatic carbocycles. The zero-order valence-corrected chi connectivity index (χ0v) is 8.21. The highest BCUT2D eigenvalue weighted by Gasteiger charge is 2.21. The Kier molecular flexibility index (Phi) is 2.64. The summed E-state index contributed by atoms with van der Waals surface area (Å²) in [7, 11) is 2.08. The van der Waals surface area contributed by atoms with Gasteiger partial charge in [-0.1, -0.05) is 6.92 Å². The third-order valence-corrected chi connectivity index (χ3v) is 6.36. The van der Waals surface area contributed by atoms with Gasteiger partial charge in [0.25, 0.3) is 0 Å². The summed E-state index contributed by atoms with van der Waals surface area (Å²) in [6.45, 7) is 5.01. The lowest BCUT2D eigenvalue weighted by Gasteiger charge is -2.42. The molecule has 1 nitrogen and oxygen atoms in total. The summed E-state index contributed by atoms with van der Waals surface area (Å²) in [5.41, 5.74) is 0. The number of hydrogen-bond donors (Lipinski definition) is 0. The summed E-state index contributed by atoms with van der Waals surface area (Å²) in [4.78, 5) is 2.45. The van der Waals surface area contributed by atoms with Gasteiger partial charge in [-0.15, -0.1) is 0 Å². The van der Waals surface area contributed by atoms with E-state index in [1.54, 1.807) is 0 Å². The van der Waals surface area contributed by atoms with E-state index in [2.05, 4.69) is 25.1 Å². The van der Waals surface area contributed by atoms with Gasteiger partial charge in [0.15, 0.2) is 0 Å². The minimum atomic E-state index is -0.153. The second-order valence-corrected chi connectivity index (χ2v) is 7.83. The lowest BCUT2D eigenvalue weighted by atomic mass is 10.6. The molecule has 1 heterocycles. The van der Waals surface area contributed by atoms with Crippen LogP contribution in [0.25, 0.3) is 0 Å². The third-order valence-electron chi connectivity index (χ3n) is 2.63. The maximum atomic E-state index is 2.50. The Balaban J connectivity index is 2.38. The maximum Gasteiger partial charge on any atom is 0.00549 e. The molecular formula is C8H19NS. The molecule has 0 radical (unpaired) electrons. The van der Waals surface area contributed by atoms with Gasteiger partial charge in [-0.3, -0.25) is 0 Å². The smallest absolute Gasteiger partial charge is 0.00549 e. The molecule has 10 heavy (non-hydrogen) atoms. The summed E-state index contributed by atoms with van der Waals surface area (Å²) >= 11 is 0. The van der Waals surface area contributed by atoms with Gasteiger partial charge in [-0.25, -0.2) is 10.0 Å². The second-order valence-electron chi connectivity index (χ2n) is 3.48. The van der Waals surface area contributed by atoms with Crippen LogP contribution in [0.15, 0.2) is 0 Å². The van der Waals surface area contributed by atoms with E-state index in [1.165, 1.54) is 30.3 Å². The Morgan fingerprint density at radius 2 is 1.80 bits per heavy atom.